The highest BCUT2D eigenvalue weighted by Crippen LogP contribution is 2.34. The summed E-state index contributed by atoms with van der Waals surface area (Å²) in [4.78, 5) is 1.77. The van der Waals surface area contributed by atoms with E-state index >= 15 is 0 Å². The van der Waals surface area contributed by atoms with Gasteiger partial charge in [0, 0.05) is 6.54 Å². The van der Waals surface area contributed by atoms with Gasteiger partial charge in [-0.3, -0.25) is 0 Å². The Labute approximate surface area is 99.2 Å². The van der Waals surface area contributed by atoms with Gasteiger partial charge in [-0.1, -0.05) is 0 Å². The standard InChI is InChI=1S/C12H16F2N2O/c1-12(2)7-17-6-5-16(12)11-9(15)4-3-8(13)10(11)14/h3-4H,5-7,15H2,1-2H3. The molecule has 0 radical (unpaired) electrons. The predicted octanol–water partition coefficient (Wildman–Crippen LogP) is 2.16. The molecule has 0 saturated carbocycles. The van der Waals surface area contributed by atoms with Gasteiger partial charge in [0.2, 0.25) is 0 Å². The Morgan fingerprint density at radius 1 is 1.35 bits per heavy atom. The fraction of sp³-hybridized carbons (Fsp3) is 0.500. The molecular weight excluding hydrogens is 226 g/mol. The Morgan fingerprint density at radius 3 is 2.71 bits per heavy atom. The number of ether oxygens (including phenoxy) is 1. The Morgan fingerprint density at radius 2 is 2.06 bits per heavy atom. The quantitative estimate of drug-likeness (QED) is 0.767. The molecule has 1 fully saturated rings. The summed E-state index contributed by atoms with van der Waals surface area (Å²) in [5.74, 6) is -1.77. The third-order valence-corrected chi connectivity index (χ3v) is 3.02. The van der Waals surface area contributed by atoms with Crippen LogP contribution in [0.3, 0.4) is 0 Å². The van der Waals surface area contributed by atoms with Crippen molar-refractivity contribution in [3.63, 3.8) is 0 Å². The highest BCUT2D eigenvalue weighted by molar-refractivity contribution is 5.69. The Bertz CT molecular complexity index is 435. The van der Waals surface area contributed by atoms with Crippen LogP contribution in [0.1, 0.15) is 13.8 Å². The first-order chi connectivity index (χ1) is 7.93. The molecule has 5 heteroatoms. The molecule has 3 nitrogen and oxygen atoms in total. The van der Waals surface area contributed by atoms with Gasteiger partial charge in [0.05, 0.1) is 30.1 Å². The minimum atomic E-state index is -0.889. The number of anilines is 2. The molecule has 2 rings (SSSR count). The molecule has 2 N–H and O–H groups in total. The summed E-state index contributed by atoms with van der Waals surface area (Å²) in [5, 5.41) is 0. The maximum atomic E-state index is 13.9. The first kappa shape index (κ1) is 12.1. The number of halogens is 2. The molecule has 0 aliphatic carbocycles. The number of morpholine rings is 1. The van der Waals surface area contributed by atoms with Crippen molar-refractivity contribution in [3.05, 3.63) is 23.8 Å². The molecule has 1 aliphatic rings. The zero-order valence-electron chi connectivity index (χ0n) is 9.96. The van der Waals surface area contributed by atoms with Crippen LogP contribution in [0, 0.1) is 11.6 Å². The third kappa shape index (κ3) is 2.07. The molecule has 0 amide bonds. The van der Waals surface area contributed by atoms with E-state index in [9.17, 15) is 8.78 Å². The molecule has 0 unspecified atom stereocenters. The summed E-state index contributed by atoms with van der Waals surface area (Å²) in [6, 6.07) is 2.43. The minimum Gasteiger partial charge on any atom is -0.397 e. The van der Waals surface area contributed by atoms with Gasteiger partial charge in [-0.15, -0.1) is 0 Å². The number of benzene rings is 1. The van der Waals surface area contributed by atoms with Crippen LogP contribution in [-0.4, -0.2) is 25.3 Å². The smallest absolute Gasteiger partial charge is 0.184 e. The number of hydrogen-bond acceptors (Lipinski definition) is 3. The van der Waals surface area contributed by atoms with E-state index < -0.39 is 17.2 Å². The van der Waals surface area contributed by atoms with Crippen LogP contribution < -0.4 is 10.6 Å². The van der Waals surface area contributed by atoms with Crippen molar-refractivity contribution in [2.45, 2.75) is 19.4 Å². The van der Waals surface area contributed by atoms with Crippen LogP contribution in [0.25, 0.3) is 0 Å². The second kappa shape index (κ2) is 4.14. The molecule has 94 valence electrons. The van der Waals surface area contributed by atoms with E-state index in [1.165, 1.54) is 6.07 Å². The third-order valence-electron chi connectivity index (χ3n) is 3.02. The molecule has 17 heavy (non-hydrogen) atoms. The molecule has 1 aromatic carbocycles. The lowest BCUT2D eigenvalue weighted by Crippen LogP contribution is -2.53. The SMILES string of the molecule is CC1(C)COCCN1c1c(N)ccc(F)c1F. The van der Waals surface area contributed by atoms with Crippen LogP contribution in [0.5, 0.6) is 0 Å². The number of rotatable bonds is 1. The lowest BCUT2D eigenvalue weighted by atomic mass is 10.0. The van der Waals surface area contributed by atoms with Crippen LogP contribution in [0.2, 0.25) is 0 Å². The molecule has 0 aromatic heterocycles. The van der Waals surface area contributed by atoms with Gasteiger partial charge in [-0.2, -0.15) is 0 Å². The van der Waals surface area contributed by atoms with E-state index in [0.717, 1.165) is 6.07 Å². The van der Waals surface area contributed by atoms with Crippen LogP contribution >= 0.6 is 0 Å². The maximum absolute atomic E-state index is 13.9. The molecule has 1 aromatic rings. The van der Waals surface area contributed by atoms with E-state index in [1.54, 1.807) is 4.90 Å². The van der Waals surface area contributed by atoms with Crippen LogP contribution in [0.15, 0.2) is 12.1 Å². The Hall–Kier alpha value is -1.36. The Balaban J connectivity index is 2.49. The van der Waals surface area contributed by atoms with E-state index in [4.69, 9.17) is 10.5 Å². The Kier molecular flexibility index (Phi) is 2.95. The van der Waals surface area contributed by atoms with Crippen molar-refractivity contribution < 1.29 is 13.5 Å². The van der Waals surface area contributed by atoms with Crippen LogP contribution in [-0.2, 0) is 4.74 Å². The maximum Gasteiger partial charge on any atom is 0.184 e. The minimum absolute atomic E-state index is 0.137. The van der Waals surface area contributed by atoms with Gasteiger partial charge in [0.1, 0.15) is 0 Å². The van der Waals surface area contributed by atoms with E-state index in [1.807, 2.05) is 13.8 Å². The van der Waals surface area contributed by atoms with Gasteiger partial charge in [-0.25, -0.2) is 8.78 Å². The summed E-state index contributed by atoms with van der Waals surface area (Å²) < 4.78 is 32.5. The summed E-state index contributed by atoms with van der Waals surface area (Å²) in [6.45, 7) is 5.27. The van der Waals surface area contributed by atoms with Crippen molar-refractivity contribution >= 4 is 11.4 Å². The van der Waals surface area contributed by atoms with Gasteiger partial charge < -0.3 is 15.4 Å². The number of nitrogens with zero attached hydrogens (tertiary/aromatic N) is 1. The molecular formula is C12H16F2N2O. The zero-order chi connectivity index (χ0) is 12.6. The van der Waals surface area contributed by atoms with Crippen molar-refractivity contribution in [1.29, 1.82) is 0 Å². The zero-order valence-corrected chi connectivity index (χ0v) is 9.96. The van der Waals surface area contributed by atoms with Crippen molar-refractivity contribution in [3.8, 4) is 0 Å². The summed E-state index contributed by atoms with van der Waals surface area (Å²) >= 11 is 0. The lowest BCUT2D eigenvalue weighted by molar-refractivity contribution is 0.0640. The number of nitrogen functional groups attached to an aromatic ring is 1. The first-order valence-electron chi connectivity index (χ1n) is 5.52. The van der Waals surface area contributed by atoms with Gasteiger partial charge in [-0.05, 0) is 26.0 Å². The first-order valence-corrected chi connectivity index (χ1v) is 5.52. The van der Waals surface area contributed by atoms with E-state index in [2.05, 4.69) is 0 Å². The number of nitrogens with two attached hydrogens (primary N) is 1. The van der Waals surface area contributed by atoms with Gasteiger partial charge in [0.15, 0.2) is 11.6 Å². The van der Waals surface area contributed by atoms with Crippen molar-refractivity contribution in [2.75, 3.05) is 30.4 Å². The molecule has 1 aliphatic heterocycles. The molecule has 0 bridgehead atoms. The topological polar surface area (TPSA) is 38.5 Å². The van der Waals surface area contributed by atoms with Gasteiger partial charge in [0.25, 0.3) is 0 Å². The van der Waals surface area contributed by atoms with Gasteiger partial charge >= 0.3 is 0 Å². The highest BCUT2D eigenvalue weighted by Gasteiger charge is 2.34. The van der Waals surface area contributed by atoms with Crippen LogP contribution in [0.4, 0.5) is 20.2 Å². The van der Waals surface area contributed by atoms with E-state index in [-0.39, 0.29) is 11.4 Å². The summed E-state index contributed by atoms with van der Waals surface area (Å²) in [5.41, 5.74) is 5.74. The predicted molar refractivity (Wildman–Crippen MR) is 63.0 cm³/mol. The average molecular weight is 242 g/mol. The lowest BCUT2D eigenvalue weighted by Gasteiger charge is -2.44. The fourth-order valence-corrected chi connectivity index (χ4v) is 2.10. The largest absolute Gasteiger partial charge is 0.397 e. The average Bonchev–Trinajstić information content (AvgIpc) is 2.26. The molecule has 1 heterocycles. The highest BCUT2D eigenvalue weighted by atomic mass is 19.2. The molecule has 1 saturated heterocycles. The summed E-state index contributed by atoms with van der Waals surface area (Å²) in [7, 11) is 0. The number of hydrogen-bond donors (Lipinski definition) is 1. The molecule has 0 atom stereocenters. The second-order valence-electron chi connectivity index (χ2n) is 4.82. The molecule has 0 spiro atoms. The normalized spacial score (nSPS) is 19.4. The monoisotopic (exact) mass is 242 g/mol. The summed E-state index contributed by atoms with van der Waals surface area (Å²) in [6.07, 6.45) is 0. The van der Waals surface area contributed by atoms with Crippen molar-refractivity contribution in [2.24, 2.45) is 0 Å². The van der Waals surface area contributed by atoms with Crippen molar-refractivity contribution in [1.82, 2.24) is 0 Å². The van der Waals surface area contributed by atoms with E-state index in [0.29, 0.717) is 19.8 Å². The fourth-order valence-electron chi connectivity index (χ4n) is 2.10. The second-order valence-corrected chi connectivity index (χ2v) is 4.82.